The van der Waals surface area contributed by atoms with Crippen LogP contribution < -0.4 is 20.7 Å². The first kappa shape index (κ1) is 32.3. The van der Waals surface area contributed by atoms with Gasteiger partial charge < -0.3 is 30.2 Å². The predicted molar refractivity (Wildman–Crippen MR) is 174 cm³/mol. The number of thiocarbonyl (C=S) groups is 1. The number of pyridine rings is 2. The number of rotatable bonds is 11. The molecule has 0 radical (unpaired) electrons. The maximum atomic E-state index is 15.1. The van der Waals surface area contributed by atoms with E-state index in [4.69, 9.17) is 26.4 Å². The molecule has 0 aliphatic rings. The second-order valence-electron chi connectivity index (χ2n) is 9.73. The number of fused-ring (bicyclic) bond motifs is 1. The lowest BCUT2D eigenvalue weighted by Gasteiger charge is -2.12. The molecule has 14 heteroatoms. The van der Waals surface area contributed by atoms with Crippen LogP contribution in [0.2, 0.25) is 0 Å². The summed E-state index contributed by atoms with van der Waals surface area (Å²) in [6, 6.07) is 16.9. The number of hydrogen-bond acceptors (Lipinski definition) is 9. The van der Waals surface area contributed by atoms with Gasteiger partial charge >= 0.3 is 6.09 Å². The number of nitrogens with zero attached hydrogens (tertiary/aromatic N) is 2. The van der Waals surface area contributed by atoms with Crippen LogP contribution in [0.25, 0.3) is 20.8 Å². The van der Waals surface area contributed by atoms with Gasteiger partial charge in [0.15, 0.2) is 16.7 Å². The highest BCUT2D eigenvalue weighted by atomic mass is 32.1. The van der Waals surface area contributed by atoms with Gasteiger partial charge in [-0.25, -0.2) is 13.6 Å². The van der Waals surface area contributed by atoms with Crippen molar-refractivity contribution in [2.24, 2.45) is 0 Å². The van der Waals surface area contributed by atoms with Gasteiger partial charge in [-0.15, -0.1) is 11.3 Å². The molecule has 0 aliphatic heterocycles. The van der Waals surface area contributed by atoms with Crippen molar-refractivity contribution in [2.75, 3.05) is 25.6 Å². The minimum atomic E-state index is -0.654. The van der Waals surface area contributed by atoms with Crippen molar-refractivity contribution in [3.63, 3.8) is 0 Å². The van der Waals surface area contributed by atoms with Crippen molar-refractivity contribution >= 4 is 56.6 Å². The number of nitrogens with one attached hydrogen (secondary N) is 3. The standard InChI is InChI=1S/C32H27F2N5O5S2/c1-42-13-12-36-32(41)43-18-20-4-8-24(37-17-20)28-16-25-30(46-28)27(10-11-35-25)44-26-9-7-22(15-23(26)34)38-31(45)39-29(40)14-19-2-5-21(33)6-3-19/h2-11,15-17H,12-14,18H2,1H3,(H,36,41)(H2,38,39,40,45). The number of anilines is 1. The summed E-state index contributed by atoms with van der Waals surface area (Å²) in [5.41, 5.74) is 2.98. The van der Waals surface area contributed by atoms with Gasteiger partial charge in [0.1, 0.15) is 18.2 Å². The Labute approximate surface area is 271 Å². The Morgan fingerprint density at radius 1 is 0.957 bits per heavy atom. The molecule has 0 bridgehead atoms. The number of thiophene rings is 1. The first-order chi connectivity index (χ1) is 22.3. The van der Waals surface area contributed by atoms with Gasteiger partial charge in [0, 0.05) is 49.4 Å². The molecule has 0 saturated heterocycles. The van der Waals surface area contributed by atoms with Crippen molar-refractivity contribution in [2.45, 2.75) is 13.0 Å². The van der Waals surface area contributed by atoms with E-state index in [1.807, 2.05) is 18.2 Å². The van der Waals surface area contributed by atoms with Gasteiger partial charge in [-0.05, 0) is 54.2 Å². The molecule has 10 nitrogen and oxygen atoms in total. The van der Waals surface area contributed by atoms with Crippen molar-refractivity contribution in [1.82, 2.24) is 20.6 Å². The van der Waals surface area contributed by atoms with E-state index in [-0.39, 0.29) is 23.9 Å². The highest BCUT2D eigenvalue weighted by Gasteiger charge is 2.15. The fraction of sp³-hybridized carbons (Fsp3) is 0.156. The van der Waals surface area contributed by atoms with Crippen LogP contribution in [-0.2, 0) is 27.3 Å². The lowest BCUT2D eigenvalue weighted by Crippen LogP contribution is -2.35. The second-order valence-corrected chi connectivity index (χ2v) is 11.2. The number of carbonyl (C=O) groups excluding carboxylic acids is 2. The summed E-state index contributed by atoms with van der Waals surface area (Å²) in [5.74, 6) is -1.06. The van der Waals surface area contributed by atoms with Crippen LogP contribution in [0.4, 0.5) is 19.3 Å². The van der Waals surface area contributed by atoms with Crippen molar-refractivity contribution < 1.29 is 32.6 Å². The molecule has 5 aromatic rings. The Morgan fingerprint density at radius 3 is 2.50 bits per heavy atom. The minimum Gasteiger partial charge on any atom is -0.453 e. The maximum absolute atomic E-state index is 15.1. The quantitative estimate of drug-likeness (QED) is 0.109. The Balaban J connectivity index is 1.19. The van der Waals surface area contributed by atoms with Gasteiger partial charge in [0.05, 0.1) is 33.8 Å². The van der Waals surface area contributed by atoms with Gasteiger partial charge in [-0.3, -0.25) is 14.8 Å². The normalized spacial score (nSPS) is 10.8. The third kappa shape index (κ3) is 8.78. The van der Waals surface area contributed by atoms with Crippen LogP contribution in [-0.4, -0.2) is 47.3 Å². The monoisotopic (exact) mass is 663 g/mol. The second kappa shape index (κ2) is 15.3. The molecule has 2 amide bonds. The van der Waals surface area contributed by atoms with E-state index in [0.29, 0.717) is 46.1 Å². The number of carbonyl (C=O) groups is 2. The van der Waals surface area contributed by atoms with E-state index in [9.17, 15) is 14.0 Å². The smallest absolute Gasteiger partial charge is 0.407 e. The molecular formula is C32H27F2N5O5S2. The zero-order chi connectivity index (χ0) is 32.5. The average molecular weight is 664 g/mol. The maximum Gasteiger partial charge on any atom is 0.407 e. The summed E-state index contributed by atoms with van der Waals surface area (Å²) in [4.78, 5) is 33.7. The Kier molecular flexibility index (Phi) is 10.8. The number of ether oxygens (including phenoxy) is 3. The van der Waals surface area contributed by atoms with Gasteiger partial charge in [0.25, 0.3) is 0 Å². The zero-order valence-corrected chi connectivity index (χ0v) is 26.0. The number of methoxy groups -OCH3 is 1. The number of aromatic nitrogens is 2. The fourth-order valence-electron chi connectivity index (χ4n) is 4.13. The molecule has 236 valence electrons. The van der Waals surface area contributed by atoms with Crippen molar-refractivity contribution in [1.29, 1.82) is 0 Å². The minimum absolute atomic E-state index is 0.000515. The fourth-order valence-corrected chi connectivity index (χ4v) is 5.41. The van der Waals surface area contributed by atoms with Gasteiger partial charge in [-0.2, -0.15) is 0 Å². The van der Waals surface area contributed by atoms with E-state index >= 15 is 4.39 Å². The van der Waals surface area contributed by atoms with Crippen LogP contribution in [0, 0.1) is 11.6 Å². The van der Waals surface area contributed by atoms with Crippen LogP contribution in [0.15, 0.2) is 79.1 Å². The van der Waals surface area contributed by atoms with E-state index in [1.165, 1.54) is 47.7 Å². The molecule has 46 heavy (non-hydrogen) atoms. The summed E-state index contributed by atoms with van der Waals surface area (Å²) in [6.45, 7) is 0.807. The number of alkyl carbamates (subject to hydrolysis) is 1. The van der Waals surface area contributed by atoms with Crippen molar-refractivity contribution in [3.8, 4) is 22.1 Å². The predicted octanol–water partition coefficient (Wildman–Crippen LogP) is 6.36. The summed E-state index contributed by atoms with van der Waals surface area (Å²) >= 11 is 6.57. The summed E-state index contributed by atoms with van der Waals surface area (Å²) in [7, 11) is 1.54. The van der Waals surface area contributed by atoms with E-state index in [2.05, 4.69) is 25.9 Å². The molecule has 3 heterocycles. The molecule has 0 atom stereocenters. The summed E-state index contributed by atoms with van der Waals surface area (Å²) in [6.07, 6.45) is 2.65. The van der Waals surface area contributed by atoms with E-state index in [0.717, 1.165) is 10.4 Å². The first-order valence-electron chi connectivity index (χ1n) is 13.8. The lowest BCUT2D eigenvalue weighted by atomic mass is 10.1. The summed E-state index contributed by atoms with van der Waals surface area (Å²) in [5, 5.41) is 7.86. The van der Waals surface area contributed by atoms with Crippen LogP contribution in [0.1, 0.15) is 11.1 Å². The Bertz CT molecular complexity index is 1850. The molecule has 3 N–H and O–H groups in total. The highest BCUT2D eigenvalue weighted by molar-refractivity contribution is 7.80. The zero-order valence-electron chi connectivity index (χ0n) is 24.3. The number of benzene rings is 2. The molecule has 2 aromatic carbocycles. The van der Waals surface area contributed by atoms with Crippen LogP contribution >= 0.6 is 23.6 Å². The molecule has 0 fully saturated rings. The number of hydrogen-bond donors (Lipinski definition) is 3. The largest absolute Gasteiger partial charge is 0.453 e. The third-order valence-electron chi connectivity index (χ3n) is 6.34. The van der Waals surface area contributed by atoms with Gasteiger partial charge in [0.2, 0.25) is 5.91 Å². The molecule has 5 rings (SSSR count). The number of halogens is 2. The van der Waals surface area contributed by atoms with Crippen LogP contribution in [0.5, 0.6) is 11.5 Å². The first-order valence-corrected chi connectivity index (χ1v) is 15.1. The molecule has 0 saturated carbocycles. The molecule has 0 aliphatic carbocycles. The summed E-state index contributed by atoms with van der Waals surface area (Å²) < 4.78 is 44.9. The van der Waals surface area contributed by atoms with E-state index in [1.54, 1.807) is 31.6 Å². The van der Waals surface area contributed by atoms with Gasteiger partial charge in [-0.1, -0.05) is 18.2 Å². The van der Waals surface area contributed by atoms with E-state index < -0.39 is 23.6 Å². The van der Waals surface area contributed by atoms with Crippen molar-refractivity contribution in [3.05, 3.63) is 102 Å². The van der Waals surface area contributed by atoms with Crippen LogP contribution in [0.3, 0.4) is 0 Å². The molecule has 0 spiro atoms. The third-order valence-corrected chi connectivity index (χ3v) is 7.70. The number of amides is 2. The molecule has 0 unspecified atom stereocenters. The SMILES string of the molecule is COCCNC(=O)OCc1ccc(-c2cc3nccc(Oc4ccc(NC(=S)NC(=O)Cc5ccc(F)cc5)cc4F)c3s2)nc1. The molecule has 3 aromatic heterocycles. The topological polar surface area (TPSA) is 124 Å². The Hall–Kier alpha value is -5.05. The molecular weight excluding hydrogens is 637 g/mol. The average Bonchev–Trinajstić information content (AvgIpc) is 3.48. The Morgan fingerprint density at radius 2 is 1.76 bits per heavy atom. The lowest BCUT2D eigenvalue weighted by molar-refractivity contribution is -0.119. The highest BCUT2D eigenvalue weighted by Crippen LogP contribution is 2.39.